The van der Waals surface area contributed by atoms with Crippen LogP contribution in [0.5, 0.6) is 11.5 Å². The van der Waals surface area contributed by atoms with Crippen LogP contribution in [0.4, 0.5) is 4.39 Å². The molecule has 0 fully saturated rings. The summed E-state index contributed by atoms with van der Waals surface area (Å²) in [4.78, 5) is 0. The Morgan fingerprint density at radius 1 is 1.50 bits per heavy atom. The predicted octanol–water partition coefficient (Wildman–Crippen LogP) is 1.76. The van der Waals surface area contributed by atoms with E-state index >= 15 is 0 Å². The quantitative estimate of drug-likeness (QED) is 0.729. The summed E-state index contributed by atoms with van der Waals surface area (Å²) in [5.74, 6) is -1.28. The minimum atomic E-state index is -0.577. The van der Waals surface area contributed by atoms with E-state index in [1.165, 1.54) is 0 Å². The van der Waals surface area contributed by atoms with Crippen molar-refractivity contribution >= 4 is 15.9 Å². The molecule has 0 saturated carbocycles. The zero-order chi connectivity index (χ0) is 10.7. The lowest BCUT2D eigenvalue weighted by Crippen LogP contribution is -2.11. The molecule has 0 aliphatic heterocycles. The first-order valence-corrected chi connectivity index (χ1v) is 4.90. The van der Waals surface area contributed by atoms with E-state index in [0.29, 0.717) is 18.5 Å². The Hall–Kier alpha value is -0.810. The fourth-order valence-electron chi connectivity index (χ4n) is 1.13. The van der Waals surface area contributed by atoms with Crippen molar-refractivity contribution in [1.82, 2.24) is 5.32 Å². The number of benzene rings is 1. The minimum absolute atomic E-state index is 0.197. The van der Waals surface area contributed by atoms with Gasteiger partial charge in [-0.15, -0.1) is 0 Å². The van der Waals surface area contributed by atoms with Gasteiger partial charge in [-0.25, -0.2) is 4.39 Å². The number of hydrogen-bond donors (Lipinski definition) is 3. The van der Waals surface area contributed by atoms with Gasteiger partial charge in [-0.2, -0.15) is 0 Å². The van der Waals surface area contributed by atoms with Crippen LogP contribution in [-0.4, -0.2) is 23.8 Å². The number of phenols is 2. The zero-order valence-electron chi connectivity index (χ0n) is 7.64. The van der Waals surface area contributed by atoms with Crippen LogP contribution in [0, 0.1) is 5.82 Å². The van der Waals surface area contributed by atoms with Crippen molar-refractivity contribution in [1.29, 1.82) is 0 Å². The second-order valence-electron chi connectivity index (χ2n) is 2.87. The van der Waals surface area contributed by atoms with Crippen molar-refractivity contribution in [3.8, 4) is 11.5 Å². The smallest absolute Gasteiger partial charge is 0.162 e. The van der Waals surface area contributed by atoms with Crippen LogP contribution in [0.15, 0.2) is 10.5 Å². The second-order valence-corrected chi connectivity index (χ2v) is 3.67. The molecule has 0 heterocycles. The summed E-state index contributed by atoms with van der Waals surface area (Å²) in [7, 11) is 1.75. The Balaban J connectivity index is 3.11. The lowest BCUT2D eigenvalue weighted by atomic mass is 10.1. The summed E-state index contributed by atoms with van der Waals surface area (Å²) in [5.41, 5.74) is 0.372. The number of rotatable bonds is 3. The Bertz CT molecular complexity index is 318. The summed E-state index contributed by atoms with van der Waals surface area (Å²) < 4.78 is 13.3. The van der Waals surface area contributed by atoms with Crippen LogP contribution in [0.25, 0.3) is 0 Å². The second kappa shape index (κ2) is 4.61. The van der Waals surface area contributed by atoms with Crippen molar-refractivity contribution in [3.05, 3.63) is 21.9 Å². The van der Waals surface area contributed by atoms with E-state index in [1.807, 2.05) is 0 Å². The fraction of sp³-hybridized carbons (Fsp3) is 0.333. The number of phenolic OH excluding ortho intramolecular Hbond substituents is 2. The Labute approximate surface area is 89.7 Å². The summed E-state index contributed by atoms with van der Waals surface area (Å²) in [5, 5.41) is 21.5. The maximum atomic E-state index is 13.1. The minimum Gasteiger partial charge on any atom is -0.504 e. The average molecular weight is 264 g/mol. The van der Waals surface area contributed by atoms with Gasteiger partial charge in [0.25, 0.3) is 0 Å². The first-order chi connectivity index (χ1) is 6.57. The van der Waals surface area contributed by atoms with Crippen molar-refractivity contribution in [2.24, 2.45) is 0 Å². The largest absolute Gasteiger partial charge is 0.504 e. The van der Waals surface area contributed by atoms with Crippen LogP contribution < -0.4 is 5.32 Å². The van der Waals surface area contributed by atoms with E-state index in [9.17, 15) is 14.6 Å². The molecule has 14 heavy (non-hydrogen) atoms. The lowest BCUT2D eigenvalue weighted by Gasteiger charge is -2.09. The van der Waals surface area contributed by atoms with E-state index in [-0.39, 0.29) is 10.2 Å². The number of aromatic hydroxyl groups is 2. The molecular weight excluding hydrogens is 253 g/mol. The summed E-state index contributed by atoms with van der Waals surface area (Å²) in [6.45, 7) is 0.592. The van der Waals surface area contributed by atoms with Crippen molar-refractivity contribution in [3.63, 3.8) is 0 Å². The topological polar surface area (TPSA) is 52.5 Å². The highest BCUT2D eigenvalue weighted by atomic mass is 79.9. The third-order valence-corrected chi connectivity index (χ3v) is 2.75. The van der Waals surface area contributed by atoms with Crippen LogP contribution in [-0.2, 0) is 6.42 Å². The fourth-order valence-corrected chi connectivity index (χ4v) is 1.63. The molecule has 0 spiro atoms. The van der Waals surface area contributed by atoms with Gasteiger partial charge < -0.3 is 15.5 Å². The first kappa shape index (κ1) is 11.3. The van der Waals surface area contributed by atoms with Crippen molar-refractivity contribution in [2.45, 2.75) is 6.42 Å². The zero-order valence-corrected chi connectivity index (χ0v) is 9.23. The molecule has 5 heteroatoms. The monoisotopic (exact) mass is 263 g/mol. The predicted molar refractivity (Wildman–Crippen MR) is 55.1 cm³/mol. The van der Waals surface area contributed by atoms with Gasteiger partial charge in [-0.05, 0) is 35.9 Å². The molecule has 0 amide bonds. The molecule has 1 rings (SSSR count). The molecular formula is C9H11BrFNO2. The third-order valence-electron chi connectivity index (χ3n) is 1.89. The molecule has 1 aromatic rings. The molecule has 0 aromatic heterocycles. The highest BCUT2D eigenvalue weighted by Crippen LogP contribution is 2.36. The van der Waals surface area contributed by atoms with Crippen molar-refractivity contribution < 1.29 is 14.6 Å². The highest BCUT2D eigenvalue weighted by Gasteiger charge is 2.14. The van der Waals surface area contributed by atoms with Crippen LogP contribution in [0.2, 0.25) is 0 Å². The van der Waals surface area contributed by atoms with Crippen LogP contribution in [0.1, 0.15) is 5.56 Å². The van der Waals surface area contributed by atoms with Gasteiger partial charge in [0.2, 0.25) is 0 Å². The number of hydrogen-bond acceptors (Lipinski definition) is 3. The van der Waals surface area contributed by atoms with Gasteiger partial charge in [0.1, 0.15) is 5.82 Å². The number of halogens is 2. The molecule has 1 aromatic carbocycles. The van der Waals surface area contributed by atoms with Gasteiger partial charge in [0.05, 0.1) is 4.47 Å². The molecule has 0 aliphatic carbocycles. The van der Waals surface area contributed by atoms with Gasteiger partial charge in [-0.3, -0.25) is 0 Å². The van der Waals surface area contributed by atoms with Gasteiger partial charge in [0.15, 0.2) is 11.5 Å². The molecule has 0 radical (unpaired) electrons. The molecule has 0 bridgehead atoms. The van der Waals surface area contributed by atoms with E-state index in [0.717, 1.165) is 6.07 Å². The van der Waals surface area contributed by atoms with Crippen LogP contribution in [0.3, 0.4) is 0 Å². The number of likely N-dealkylation sites (N-methyl/N-ethyl adjacent to an activating group) is 1. The maximum Gasteiger partial charge on any atom is 0.162 e. The average Bonchev–Trinajstić information content (AvgIpc) is 2.15. The molecule has 3 nitrogen and oxygen atoms in total. The highest BCUT2D eigenvalue weighted by molar-refractivity contribution is 9.10. The lowest BCUT2D eigenvalue weighted by molar-refractivity contribution is 0.394. The maximum absolute atomic E-state index is 13.1. The summed E-state index contributed by atoms with van der Waals surface area (Å²) in [6.07, 6.45) is 0.439. The molecule has 0 aliphatic rings. The number of nitrogens with one attached hydrogen (secondary N) is 1. The Morgan fingerprint density at radius 2 is 2.14 bits per heavy atom. The van der Waals surface area contributed by atoms with E-state index in [4.69, 9.17) is 0 Å². The standard InChI is InChI=1S/C9H11BrFNO2/c1-12-3-2-5-8(10)6(11)4-7(13)9(5)14/h4,12-14H,2-3H2,1H3. The molecule has 0 saturated heterocycles. The Kier molecular flexibility index (Phi) is 3.71. The van der Waals surface area contributed by atoms with Gasteiger partial charge in [0, 0.05) is 11.6 Å². The van der Waals surface area contributed by atoms with E-state index < -0.39 is 11.6 Å². The first-order valence-electron chi connectivity index (χ1n) is 4.11. The molecule has 78 valence electrons. The molecule has 0 unspecified atom stereocenters. The summed E-state index contributed by atoms with van der Waals surface area (Å²) >= 11 is 3.02. The van der Waals surface area contributed by atoms with E-state index in [2.05, 4.69) is 21.2 Å². The van der Waals surface area contributed by atoms with Gasteiger partial charge in [-0.1, -0.05) is 0 Å². The van der Waals surface area contributed by atoms with Crippen LogP contribution >= 0.6 is 15.9 Å². The Morgan fingerprint density at radius 3 is 2.71 bits per heavy atom. The summed E-state index contributed by atoms with van der Waals surface area (Å²) in [6, 6.07) is 0.877. The van der Waals surface area contributed by atoms with E-state index in [1.54, 1.807) is 7.05 Å². The van der Waals surface area contributed by atoms with Crippen molar-refractivity contribution in [2.75, 3.05) is 13.6 Å². The van der Waals surface area contributed by atoms with Gasteiger partial charge >= 0.3 is 0 Å². The molecule has 0 atom stereocenters. The normalized spacial score (nSPS) is 10.5. The molecule has 3 N–H and O–H groups in total. The third kappa shape index (κ3) is 2.16. The SMILES string of the molecule is CNCCc1c(O)c(O)cc(F)c1Br.